The summed E-state index contributed by atoms with van der Waals surface area (Å²) in [6.07, 6.45) is 0.337. The molecule has 0 bridgehead atoms. The summed E-state index contributed by atoms with van der Waals surface area (Å²) < 4.78 is 11.0. The lowest BCUT2D eigenvalue weighted by atomic mass is 9.85. The fourth-order valence-electron chi connectivity index (χ4n) is 7.75. The number of nitrogens with two attached hydrogens (primary N) is 2. The van der Waals surface area contributed by atoms with Gasteiger partial charge in [0.05, 0.1) is 60.4 Å². The molecule has 4 heterocycles. The molecular formula is C48H61N13O10S. The summed E-state index contributed by atoms with van der Waals surface area (Å²) in [6.45, 7) is 7.70. The number of carbonyl (C=O) groups is 6. The number of aromatic nitrogens is 5. The van der Waals surface area contributed by atoms with Gasteiger partial charge < -0.3 is 62.2 Å². The average Bonchev–Trinajstić information content (AvgIpc) is 3.96. The van der Waals surface area contributed by atoms with Gasteiger partial charge in [-0.05, 0) is 54.2 Å². The van der Waals surface area contributed by atoms with E-state index in [0.29, 0.717) is 17.8 Å². The third-order valence-corrected chi connectivity index (χ3v) is 12.6. The van der Waals surface area contributed by atoms with Crippen molar-refractivity contribution < 1.29 is 48.5 Å². The van der Waals surface area contributed by atoms with Gasteiger partial charge in [0.1, 0.15) is 24.7 Å². The van der Waals surface area contributed by atoms with Crippen LogP contribution in [0.3, 0.4) is 0 Å². The van der Waals surface area contributed by atoms with Crippen molar-refractivity contribution in [3.63, 3.8) is 0 Å². The van der Waals surface area contributed by atoms with Gasteiger partial charge in [0.15, 0.2) is 17.0 Å². The normalized spacial score (nSPS) is 15.4. The lowest BCUT2D eigenvalue weighted by molar-refractivity contribution is -0.144. The van der Waals surface area contributed by atoms with Crippen LogP contribution >= 0.6 is 11.3 Å². The lowest BCUT2D eigenvalue weighted by Gasteiger charge is -2.35. The van der Waals surface area contributed by atoms with Crippen molar-refractivity contribution in [3.05, 3.63) is 82.8 Å². The van der Waals surface area contributed by atoms with E-state index in [9.17, 15) is 39.0 Å². The molecule has 1 aliphatic rings. The Morgan fingerprint density at radius 2 is 1.64 bits per heavy atom. The van der Waals surface area contributed by atoms with Gasteiger partial charge >= 0.3 is 5.97 Å². The largest absolute Gasteiger partial charge is 0.480 e. The topological polar surface area (TPSA) is 332 Å². The first-order valence-corrected chi connectivity index (χ1v) is 24.0. The molecule has 72 heavy (non-hydrogen) atoms. The van der Waals surface area contributed by atoms with E-state index in [2.05, 4.69) is 46.2 Å². The number of carboxylic acids is 1. The van der Waals surface area contributed by atoms with Crippen LogP contribution in [0.1, 0.15) is 67.3 Å². The van der Waals surface area contributed by atoms with Gasteiger partial charge in [-0.3, -0.25) is 24.0 Å². The number of fused-ring (bicyclic) bond motifs is 1. The minimum absolute atomic E-state index is 0.00575. The van der Waals surface area contributed by atoms with Crippen LogP contribution in [0, 0.1) is 12.3 Å². The van der Waals surface area contributed by atoms with Crippen molar-refractivity contribution in [1.29, 1.82) is 0 Å². The minimum atomic E-state index is -1.33. The number of hydrogen-bond donors (Lipinski definition) is 8. The van der Waals surface area contributed by atoms with Crippen LogP contribution in [0.15, 0.2) is 60.2 Å². The summed E-state index contributed by atoms with van der Waals surface area (Å²) in [5, 5.41) is 31.0. The van der Waals surface area contributed by atoms with Gasteiger partial charge in [-0.25, -0.2) is 19.7 Å². The smallest absolute Gasteiger partial charge is 0.326 e. The van der Waals surface area contributed by atoms with E-state index in [1.54, 1.807) is 68.1 Å². The molecule has 1 saturated heterocycles. The molecule has 1 fully saturated rings. The van der Waals surface area contributed by atoms with Gasteiger partial charge in [0.2, 0.25) is 29.6 Å². The number of aliphatic hydroxyl groups is 1. The zero-order chi connectivity index (χ0) is 52.1. The monoisotopic (exact) mass is 1010 g/mol. The molecule has 3 aromatic heterocycles. The quantitative estimate of drug-likeness (QED) is 0.0431. The molecule has 4 atom stereocenters. The fraction of sp³-hybridized carbons (Fsp3) is 0.438. The SMILES string of the molecule is Cc1ncsc1-c1ccc(CNC(=O)C2C[C@@H](O)CN2C(=O)C(NC(=O)COCCOCCNC(=O)CC[C@@H](NC(=O)c2ccc(N(C)Cc3cnc4nc(N)nc(N)c4n3)cc2)C(=O)O)C(C)(C)C)cc1. The Balaban J connectivity index is 0.853. The van der Waals surface area contributed by atoms with Crippen LogP contribution in [0.25, 0.3) is 21.6 Å². The molecule has 6 rings (SSSR count). The number of ether oxygens (including phenoxy) is 2. The number of aliphatic carboxylic acids is 1. The van der Waals surface area contributed by atoms with Crippen LogP contribution < -0.4 is 37.6 Å². The predicted molar refractivity (Wildman–Crippen MR) is 267 cm³/mol. The number of nitrogens with zero attached hydrogens (tertiary/aromatic N) is 7. The molecule has 23 nitrogen and oxygen atoms in total. The zero-order valence-corrected chi connectivity index (χ0v) is 41.5. The fourth-order valence-corrected chi connectivity index (χ4v) is 8.57. The van der Waals surface area contributed by atoms with Gasteiger partial charge in [-0.2, -0.15) is 9.97 Å². The molecule has 0 radical (unpaired) electrons. The Morgan fingerprint density at radius 1 is 0.917 bits per heavy atom. The first-order chi connectivity index (χ1) is 34.3. The zero-order valence-electron chi connectivity index (χ0n) is 40.7. The number of aliphatic hydroxyl groups excluding tert-OH is 1. The van der Waals surface area contributed by atoms with Crippen molar-refractivity contribution in [2.24, 2.45) is 5.41 Å². The van der Waals surface area contributed by atoms with E-state index in [1.807, 2.05) is 43.1 Å². The number of likely N-dealkylation sites (tertiary alicyclic amines) is 1. The highest BCUT2D eigenvalue weighted by Gasteiger charge is 2.44. The van der Waals surface area contributed by atoms with E-state index < -0.39 is 65.1 Å². The molecule has 1 aliphatic heterocycles. The second kappa shape index (κ2) is 24.6. The molecular weight excluding hydrogens is 951 g/mol. The summed E-state index contributed by atoms with van der Waals surface area (Å²) in [7, 11) is 1.81. The summed E-state index contributed by atoms with van der Waals surface area (Å²) in [4.78, 5) is 103. The third kappa shape index (κ3) is 14.8. The highest BCUT2D eigenvalue weighted by Crippen LogP contribution is 2.29. The van der Waals surface area contributed by atoms with Crippen LogP contribution in [-0.4, -0.2) is 146 Å². The summed E-state index contributed by atoms with van der Waals surface area (Å²) in [5.74, 6) is -3.75. The number of rotatable bonds is 23. The number of hydrogen-bond acceptors (Lipinski definition) is 18. The molecule has 384 valence electrons. The molecule has 2 unspecified atom stereocenters. The van der Waals surface area contributed by atoms with Crippen molar-refractivity contribution in [2.45, 2.75) is 84.3 Å². The number of nitrogen functional groups attached to an aromatic ring is 2. The highest BCUT2D eigenvalue weighted by atomic mass is 32.1. The van der Waals surface area contributed by atoms with Crippen molar-refractivity contribution >= 4 is 75.5 Å². The predicted octanol–water partition coefficient (Wildman–Crippen LogP) is 1.57. The maximum Gasteiger partial charge on any atom is 0.326 e. The molecule has 0 aliphatic carbocycles. The molecule has 5 amide bonds. The number of benzene rings is 2. The number of carboxylic acid groups (broad SMARTS) is 1. The Kier molecular flexibility index (Phi) is 18.4. The maximum atomic E-state index is 13.9. The standard InChI is InChI=1S/C48H61N13O10S/c1-27-39(72-26-54-27)29-8-6-28(7-9-29)21-53-44(66)35-20-33(62)24-61(35)45(67)40(48(2,3)4)57-37(64)25-71-19-18-70-17-16-51-36(63)15-14-34(46(68)69)56-43(65)30-10-12-32(13-11-30)60(5)23-31-22-52-42-38(55-31)41(49)58-47(50)59-42/h6-13,22,26,33-35,40,62H,14-21,23-25H2,1-5H3,(H,51,63)(H,53,66)(H,56,65)(H,57,64)(H,68,69)(H4,49,50,52,58,59)/t33-,34-,35?,40?/m1/s1. The van der Waals surface area contributed by atoms with Crippen LogP contribution in [0.2, 0.25) is 0 Å². The highest BCUT2D eigenvalue weighted by molar-refractivity contribution is 7.13. The van der Waals surface area contributed by atoms with Crippen LogP contribution in [0.5, 0.6) is 0 Å². The number of carbonyl (C=O) groups excluding carboxylic acids is 5. The van der Waals surface area contributed by atoms with Crippen molar-refractivity contribution in [2.75, 3.05) is 62.9 Å². The number of thiazole rings is 1. The number of amides is 5. The Labute approximate surface area is 419 Å². The molecule has 5 aromatic rings. The van der Waals surface area contributed by atoms with E-state index in [1.165, 1.54) is 4.90 Å². The number of nitrogens with one attached hydrogen (secondary N) is 4. The van der Waals surface area contributed by atoms with Crippen molar-refractivity contribution in [1.82, 2.24) is 51.1 Å². The average molecular weight is 1010 g/mol. The Bertz CT molecular complexity index is 2720. The van der Waals surface area contributed by atoms with Gasteiger partial charge in [0, 0.05) is 50.8 Å². The number of β-amino-alcohol motifs (C(OH)–C–C–N with tert-alkyl or cyclic N) is 1. The van der Waals surface area contributed by atoms with Crippen LogP contribution in [0.4, 0.5) is 17.5 Å². The van der Waals surface area contributed by atoms with Crippen molar-refractivity contribution in [3.8, 4) is 10.4 Å². The first-order valence-electron chi connectivity index (χ1n) is 23.1. The first kappa shape index (κ1) is 53.9. The van der Waals surface area contributed by atoms with Crippen LogP contribution in [-0.2, 0) is 46.5 Å². The maximum absolute atomic E-state index is 13.9. The number of aryl methyl sites for hydroxylation is 1. The van der Waals surface area contributed by atoms with E-state index in [4.69, 9.17) is 20.9 Å². The second-order valence-corrected chi connectivity index (χ2v) is 19.1. The Morgan fingerprint density at radius 3 is 2.32 bits per heavy atom. The molecule has 0 spiro atoms. The lowest BCUT2D eigenvalue weighted by Crippen LogP contribution is -2.58. The molecule has 2 aromatic carbocycles. The van der Waals surface area contributed by atoms with Gasteiger partial charge in [-0.15, -0.1) is 11.3 Å². The molecule has 10 N–H and O–H groups in total. The van der Waals surface area contributed by atoms with Gasteiger partial charge in [-0.1, -0.05) is 45.0 Å². The van der Waals surface area contributed by atoms with Gasteiger partial charge in [0.25, 0.3) is 5.91 Å². The molecule has 24 heteroatoms. The number of anilines is 3. The molecule has 0 saturated carbocycles. The summed E-state index contributed by atoms with van der Waals surface area (Å²) in [6, 6.07) is 11.0. The Hall–Kier alpha value is -7.41. The summed E-state index contributed by atoms with van der Waals surface area (Å²) in [5.41, 5.74) is 17.6. The van der Waals surface area contributed by atoms with E-state index in [-0.39, 0.29) is 88.3 Å². The van der Waals surface area contributed by atoms with E-state index in [0.717, 1.165) is 27.4 Å². The van der Waals surface area contributed by atoms with E-state index >= 15 is 0 Å². The third-order valence-electron chi connectivity index (χ3n) is 11.6. The second-order valence-electron chi connectivity index (χ2n) is 18.3. The minimum Gasteiger partial charge on any atom is -0.480 e. The summed E-state index contributed by atoms with van der Waals surface area (Å²) >= 11 is 1.55.